The van der Waals surface area contributed by atoms with Crippen molar-refractivity contribution in [2.75, 3.05) is 27.3 Å². The normalized spacial score (nSPS) is 12.7. The van der Waals surface area contributed by atoms with E-state index in [1.54, 1.807) is 49.3 Å². The van der Waals surface area contributed by atoms with Crippen LogP contribution in [0.25, 0.3) is 6.08 Å². The molecule has 1 aliphatic rings. The molecule has 3 rings (SSSR count). The fraction of sp³-hybridized carbons (Fsp3) is 0.238. The second-order valence-corrected chi connectivity index (χ2v) is 6.74. The molecular weight excluding hydrogens is 380 g/mol. The highest BCUT2D eigenvalue weighted by Gasteiger charge is 2.16. The second-order valence-electron chi connectivity index (χ2n) is 6.33. The molecule has 0 saturated carbocycles. The number of nitrogens with zero attached hydrogens (tertiary/aromatic N) is 1. The molecule has 2 aromatic carbocycles. The molecule has 0 radical (unpaired) electrons. The highest BCUT2D eigenvalue weighted by Crippen LogP contribution is 2.38. The van der Waals surface area contributed by atoms with Gasteiger partial charge in [0.2, 0.25) is 5.91 Å². The lowest BCUT2D eigenvalue weighted by molar-refractivity contribution is -0.125. The molecule has 0 fully saturated rings. The van der Waals surface area contributed by atoms with E-state index in [4.69, 9.17) is 21.1 Å². The summed E-state index contributed by atoms with van der Waals surface area (Å²) in [5.74, 6) is 0.822. The van der Waals surface area contributed by atoms with E-state index >= 15 is 0 Å². The minimum absolute atomic E-state index is 0.142. The van der Waals surface area contributed by atoms with Gasteiger partial charge in [0.25, 0.3) is 5.91 Å². The number of hydrogen-bond acceptors (Lipinski definition) is 4. The summed E-state index contributed by atoms with van der Waals surface area (Å²) < 4.78 is 11.0. The van der Waals surface area contributed by atoms with Crippen LogP contribution in [0.4, 0.5) is 0 Å². The summed E-state index contributed by atoms with van der Waals surface area (Å²) in [6, 6.07) is 10.7. The van der Waals surface area contributed by atoms with Crippen LogP contribution in [0.2, 0.25) is 5.02 Å². The average molecular weight is 401 g/mol. The number of fused-ring (bicyclic) bond motifs is 1. The SMILES string of the molecule is CNC(=O)c1ccc(CN(C)C(=O)/C=C/c2cc(Cl)c3c(c2)OCCO3)cc1. The van der Waals surface area contributed by atoms with E-state index in [0.717, 1.165) is 11.1 Å². The van der Waals surface area contributed by atoms with Crippen LogP contribution >= 0.6 is 11.6 Å². The maximum Gasteiger partial charge on any atom is 0.251 e. The van der Waals surface area contributed by atoms with E-state index in [1.165, 1.54) is 6.08 Å². The molecule has 0 unspecified atom stereocenters. The number of amides is 2. The zero-order valence-corrected chi connectivity index (χ0v) is 16.5. The predicted octanol–water partition coefficient (Wildman–Crippen LogP) is 3.14. The van der Waals surface area contributed by atoms with Gasteiger partial charge in [0.05, 0.1) is 5.02 Å². The molecule has 146 valence electrons. The van der Waals surface area contributed by atoms with Crippen molar-refractivity contribution in [3.63, 3.8) is 0 Å². The molecule has 1 aliphatic heterocycles. The summed E-state index contributed by atoms with van der Waals surface area (Å²) in [4.78, 5) is 25.6. The molecule has 0 spiro atoms. The first-order valence-corrected chi connectivity index (χ1v) is 9.19. The van der Waals surface area contributed by atoms with Crippen molar-refractivity contribution < 1.29 is 19.1 Å². The highest BCUT2D eigenvalue weighted by atomic mass is 35.5. The predicted molar refractivity (Wildman–Crippen MR) is 108 cm³/mol. The van der Waals surface area contributed by atoms with Crippen LogP contribution in [0.5, 0.6) is 11.5 Å². The van der Waals surface area contributed by atoms with Crippen molar-refractivity contribution in [2.45, 2.75) is 6.54 Å². The zero-order chi connectivity index (χ0) is 20.1. The Hall–Kier alpha value is -2.99. The molecule has 7 heteroatoms. The summed E-state index contributed by atoms with van der Waals surface area (Å²) in [6.45, 7) is 1.37. The molecule has 28 heavy (non-hydrogen) atoms. The molecule has 0 aliphatic carbocycles. The molecule has 6 nitrogen and oxygen atoms in total. The monoisotopic (exact) mass is 400 g/mol. The van der Waals surface area contributed by atoms with Gasteiger partial charge in [-0.1, -0.05) is 23.7 Å². The highest BCUT2D eigenvalue weighted by molar-refractivity contribution is 6.32. The molecule has 0 bridgehead atoms. The third-order valence-electron chi connectivity index (χ3n) is 4.28. The van der Waals surface area contributed by atoms with E-state index in [0.29, 0.717) is 41.8 Å². The Balaban J connectivity index is 1.64. The van der Waals surface area contributed by atoms with Gasteiger partial charge < -0.3 is 19.7 Å². The van der Waals surface area contributed by atoms with Crippen molar-refractivity contribution in [3.05, 3.63) is 64.2 Å². The van der Waals surface area contributed by atoms with Gasteiger partial charge in [-0.25, -0.2) is 0 Å². The number of carbonyl (C=O) groups is 2. The topological polar surface area (TPSA) is 67.9 Å². The third kappa shape index (κ3) is 4.64. The Morgan fingerprint density at radius 3 is 2.61 bits per heavy atom. The molecule has 2 amide bonds. The molecular formula is C21H21ClN2O4. The van der Waals surface area contributed by atoms with Gasteiger partial charge >= 0.3 is 0 Å². The molecule has 1 N–H and O–H groups in total. The minimum atomic E-state index is -0.151. The molecule has 2 aromatic rings. The van der Waals surface area contributed by atoms with Crippen LogP contribution in [-0.2, 0) is 11.3 Å². The molecule has 0 saturated heterocycles. The maximum absolute atomic E-state index is 12.4. The quantitative estimate of drug-likeness (QED) is 0.783. The second kappa shape index (κ2) is 8.80. The smallest absolute Gasteiger partial charge is 0.251 e. The lowest BCUT2D eigenvalue weighted by Gasteiger charge is -2.19. The zero-order valence-electron chi connectivity index (χ0n) is 15.7. The van der Waals surface area contributed by atoms with Gasteiger partial charge in [0, 0.05) is 32.3 Å². The lowest BCUT2D eigenvalue weighted by Crippen LogP contribution is -2.24. The van der Waals surface area contributed by atoms with Gasteiger partial charge in [-0.3, -0.25) is 9.59 Å². The van der Waals surface area contributed by atoms with Crippen molar-refractivity contribution in [1.82, 2.24) is 10.2 Å². The molecule has 0 aromatic heterocycles. The lowest BCUT2D eigenvalue weighted by atomic mass is 10.1. The summed E-state index contributed by atoms with van der Waals surface area (Å²) in [6.07, 6.45) is 3.18. The first-order chi connectivity index (χ1) is 13.5. The fourth-order valence-corrected chi connectivity index (χ4v) is 3.05. The van der Waals surface area contributed by atoms with Crippen LogP contribution in [0, 0.1) is 0 Å². The van der Waals surface area contributed by atoms with Gasteiger partial charge in [-0.2, -0.15) is 0 Å². The third-order valence-corrected chi connectivity index (χ3v) is 4.56. The van der Waals surface area contributed by atoms with Crippen LogP contribution < -0.4 is 14.8 Å². The standard InChI is InChI=1S/C21H21ClN2O4/c1-23-21(26)16-6-3-14(4-7-16)13-24(2)19(25)8-5-15-11-17(22)20-18(12-15)27-9-10-28-20/h3-8,11-12H,9-10,13H2,1-2H3,(H,23,26)/b8-5+. The summed E-state index contributed by atoms with van der Waals surface area (Å²) in [7, 11) is 3.31. The van der Waals surface area contributed by atoms with Gasteiger partial charge in [-0.05, 0) is 41.5 Å². The average Bonchev–Trinajstić information content (AvgIpc) is 2.72. The molecule has 1 heterocycles. The molecule has 0 atom stereocenters. The number of halogens is 1. The Bertz CT molecular complexity index is 909. The fourth-order valence-electron chi connectivity index (χ4n) is 2.78. The number of ether oxygens (including phenoxy) is 2. The van der Waals surface area contributed by atoms with Crippen LogP contribution in [0.1, 0.15) is 21.5 Å². The van der Waals surface area contributed by atoms with E-state index in [2.05, 4.69) is 5.32 Å². The number of rotatable bonds is 5. The number of carbonyl (C=O) groups excluding carboxylic acids is 2. The minimum Gasteiger partial charge on any atom is -0.486 e. The van der Waals surface area contributed by atoms with Gasteiger partial charge in [0.1, 0.15) is 13.2 Å². The number of hydrogen-bond donors (Lipinski definition) is 1. The first kappa shape index (κ1) is 19.8. The Morgan fingerprint density at radius 2 is 1.89 bits per heavy atom. The van der Waals surface area contributed by atoms with Crippen molar-refractivity contribution in [3.8, 4) is 11.5 Å². The summed E-state index contributed by atoms with van der Waals surface area (Å²) >= 11 is 6.22. The van der Waals surface area contributed by atoms with Gasteiger partial charge in [0.15, 0.2) is 11.5 Å². The van der Waals surface area contributed by atoms with Crippen LogP contribution in [0.15, 0.2) is 42.5 Å². The number of likely N-dealkylation sites (N-methyl/N-ethyl adjacent to an activating group) is 1. The Kier molecular flexibility index (Phi) is 6.21. The first-order valence-electron chi connectivity index (χ1n) is 8.81. The van der Waals surface area contributed by atoms with E-state index in [-0.39, 0.29) is 11.8 Å². The maximum atomic E-state index is 12.4. The Labute approximate surface area is 168 Å². The van der Waals surface area contributed by atoms with E-state index in [1.807, 2.05) is 12.1 Å². The van der Waals surface area contributed by atoms with Crippen LogP contribution in [-0.4, -0.2) is 44.0 Å². The van der Waals surface area contributed by atoms with Gasteiger partial charge in [-0.15, -0.1) is 0 Å². The van der Waals surface area contributed by atoms with Crippen molar-refractivity contribution >= 4 is 29.5 Å². The van der Waals surface area contributed by atoms with E-state index in [9.17, 15) is 9.59 Å². The van der Waals surface area contributed by atoms with Crippen molar-refractivity contribution in [2.24, 2.45) is 0 Å². The summed E-state index contributed by atoms with van der Waals surface area (Å²) in [5.41, 5.74) is 2.26. The van der Waals surface area contributed by atoms with Crippen molar-refractivity contribution in [1.29, 1.82) is 0 Å². The largest absolute Gasteiger partial charge is 0.486 e. The number of nitrogens with one attached hydrogen (secondary N) is 1. The summed E-state index contributed by atoms with van der Waals surface area (Å²) in [5, 5.41) is 3.03. The van der Waals surface area contributed by atoms with E-state index < -0.39 is 0 Å². The Morgan fingerprint density at radius 1 is 1.18 bits per heavy atom. The van der Waals surface area contributed by atoms with Crippen LogP contribution in [0.3, 0.4) is 0 Å². The number of benzene rings is 2.